The summed E-state index contributed by atoms with van der Waals surface area (Å²) in [5.41, 5.74) is -1.15. The van der Waals surface area contributed by atoms with Crippen LogP contribution in [-0.4, -0.2) is 39.7 Å². The SMILES string of the molecule is CC1(C)[C@H]2CC[C@]1(CS(=O)(=O)NCC1(c3cccs3)CCOCC1)C(=O)C2. The first-order valence-corrected chi connectivity index (χ1v) is 12.4. The molecular formula is C20H29NO4S2. The number of carbonyl (C=O) groups is 1. The van der Waals surface area contributed by atoms with Gasteiger partial charge >= 0.3 is 0 Å². The van der Waals surface area contributed by atoms with Gasteiger partial charge in [-0.15, -0.1) is 11.3 Å². The van der Waals surface area contributed by atoms with Crippen LogP contribution in [0, 0.1) is 16.7 Å². The average Bonchev–Trinajstić information content (AvgIpc) is 3.28. The van der Waals surface area contributed by atoms with Gasteiger partial charge in [-0.3, -0.25) is 4.79 Å². The van der Waals surface area contributed by atoms with Crippen LogP contribution >= 0.6 is 11.3 Å². The Kier molecular flexibility index (Phi) is 4.81. The van der Waals surface area contributed by atoms with Gasteiger partial charge in [-0.25, -0.2) is 13.1 Å². The summed E-state index contributed by atoms with van der Waals surface area (Å²) in [6, 6.07) is 4.11. The highest BCUT2D eigenvalue weighted by Crippen LogP contribution is 2.64. The van der Waals surface area contributed by atoms with Crippen molar-refractivity contribution in [2.75, 3.05) is 25.5 Å². The quantitative estimate of drug-likeness (QED) is 0.781. The van der Waals surface area contributed by atoms with E-state index in [2.05, 4.69) is 24.6 Å². The van der Waals surface area contributed by atoms with Crippen molar-refractivity contribution in [3.05, 3.63) is 22.4 Å². The Morgan fingerprint density at radius 2 is 2.00 bits per heavy atom. The lowest BCUT2D eigenvalue weighted by atomic mass is 9.70. The number of fused-ring (bicyclic) bond motifs is 2. The average molecular weight is 412 g/mol. The molecule has 2 bridgehead atoms. The normalized spacial score (nSPS) is 32.1. The van der Waals surface area contributed by atoms with Gasteiger partial charge < -0.3 is 4.74 Å². The monoisotopic (exact) mass is 411 g/mol. The van der Waals surface area contributed by atoms with Gasteiger partial charge in [-0.2, -0.15) is 0 Å². The van der Waals surface area contributed by atoms with E-state index >= 15 is 0 Å². The van der Waals surface area contributed by atoms with E-state index < -0.39 is 15.4 Å². The Morgan fingerprint density at radius 3 is 2.56 bits per heavy atom. The number of hydrogen-bond donors (Lipinski definition) is 1. The molecule has 2 atom stereocenters. The second-order valence-electron chi connectivity index (χ2n) is 9.12. The highest BCUT2D eigenvalue weighted by molar-refractivity contribution is 7.89. The van der Waals surface area contributed by atoms with Crippen LogP contribution in [0.3, 0.4) is 0 Å². The van der Waals surface area contributed by atoms with Gasteiger partial charge in [0, 0.05) is 41.9 Å². The smallest absolute Gasteiger partial charge is 0.212 e. The van der Waals surface area contributed by atoms with E-state index in [1.807, 2.05) is 11.4 Å². The van der Waals surface area contributed by atoms with Gasteiger partial charge in [0.15, 0.2) is 0 Å². The van der Waals surface area contributed by atoms with Crippen molar-refractivity contribution in [1.82, 2.24) is 4.72 Å². The molecule has 5 nitrogen and oxygen atoms in total. The minimum Gasteiger partial charge on any atom is -0.381 e. The maximum atomic E-state index is 13.1. The third-order valence-electron chi connectivity index (χ3n) is 7.70. The lowest BCUT2D eigenvalue weighted by molar-refractivity contribution is -0.128. The first-order chi connectivity index (χ1) is 12.7. The molecule has 1 saturated heterocycles. The Morgan fingerprint density at radius 1 is 1.26 bits per heavy atom. The number of nitrogens with one attached hydrogen (secondary N) is 1. The van der Waals surface area contributed by atoms with Gasteiger partial charge in [0.25, 0.3) is 0 Å². The van der Waals surface area contributed by atoms with Gasteiger partial charge in [-0.05, 0) is 48.5 Å². The third-order valence-corrected chi connectivity index (χ3v) is 10.3. The molecule has 0 unspecified atom stereocenters. The lowest BCUT2D eigenvalue weighted by Crippen LogP contribution is -2.49. The van der Waals surface area contributed by atoms with Crippen molar-refractivity contribution in [2.45, 2.75) is 51.4 Å². The number of thiophene rings is 1. The molecule has 3 fully saturated rings. The highest BCUT2D eigenvalue weighted by atomic mass is 32.2. The van der Waals surface area contributed by atoms with Crippen LogP contribution in [0.25, 0.3) is 0 Å². The Balaban J connectivity index is 1.53. The number of ether oxygens (including phenoxy) is 1. The third kappa shape index (κ3) is 3.11. The van der Waals surface area contributed by atoms with Crippen LogP contribution in [0.15, 0.2) is 17.5 Å². The first-order valence-electron chi connectivity index (χ1n) is 9.83. The van der Waals surface area contributed by atoms with E-state index in [4.69, 9.17) is 4.74 Å². The summed E-state index contributed by atoms with van der Waals surface area (Å²) in [6.45, 7) is 5.84. The summed E-state index contributed by atoms with van der Waals surface area (Å²) in [4.78, 5) is 13.9. The number of rotatable bonds is 6. The predicted octanol–water partition coefficient (Wildman–Crippen LogP) is 3.11. The summed E-state index contributed by atoms with van der Waals surface area (Å²) in [5, 5.41) is 2.04. The molecule has 4 rings (SSSR count). The molecule has 7 heteroatoms. The second kappa shape index (κ2) is 6.65. The van der Waals surface area contributed by atoms with Crippen LogP contribution < -0.4 is 4.72 Å². The summed E-state index contributed by atoms with van der Waals surface area (Å²) in [7, 11) is -3.55. The molecule has 2 aliphatic carbocycles. The number of carbonyl (C=O) groups excluding carboxylic acids is 1. The van der Waals surface area contributed by atoms with Crippen molar-refractivity contribution in [3.8, 4) is 0 Å². The van der Waals surface area contributed by atoms with E-state index in [-0.39, 0.29) is 22.4 Å². The van der Waals surface area contributed by atoms with Crippen LogP contribution in [0.1, 0.15) is 50.8 Å². The van der Waals surface area contributed by atoms with Crippen LogP contribution in [0.2, 0.25) is 0 Å². The number of sulfonamides is 1. The molecular weight excluding hydrogens is 382 g/mol. The molecule has 3 aliphatic rings. The molecule has 150 valence electrons. The fraction of sp³-hybridized carbons (Fsp3) is 0.750. The van der Waals surface area contributed by atoms with E-state index in [9.17, 15) is 13.2 Å². The molecule has 1 N–H and O–H groups in total. The van der Waals surface area contributed by atoms with Crippen molar-refractivity contribution in [3.63, 3.8) is 0 Å². The summed E-state index contributed by atoms with van der Waals surface area (Å²) >= 11 is 1.68. The summed E-state index contributed by atoms with van der Waals surface area (Å²) < 4.78 is 34.5. The summed E-state index contributed by atoms with van der Waals surface area (Å²) in [5.74, 6) is 0.403. The Bertz CT molecular complexity index is 809. The van der Waals surface area contributed by atoms with Gasteiger partial charge in [-0.1, -0.05) is 19.9 Å². The molecule has 2 heterocycles. The fourth-order valence-electron chi connectivity index (χ4n) is 5.58. The minimum atomic E-state index is -3.55. The maximum absolute atomic E-state index is 13.1. The van der Waals surface area contributed by atoms with Gasteiger partial charge in [0.1, 0.15) is 5.78 Å². The Hall–Kier alpha value is -0.760. The van der Waals surface area contributed by atoms with Crippen LogP contribution in [-0.2, 0) is 25.0 Å². The molecule has 1 aromatic rings. The van der Waals surface area contributed by atoms with Crippen molar-refractivity contribution in [1.29, 1.82) is 0 Å². The van der Waals surface area contributed by atoms with E-state index in [0.717, 1.165) is 19.3 Å². The molecule has 0 radical (unpaired) electrons. The maximum Gasteiger partial charge on any atom is 0.212 e. The van der Waals surface area contributed by atoms with Gasteiger partial charge in [0.05, 0.1) is 5.75 Å². The van der Waals surface area contributed by atoms with Crippen molar-refractivity contribution >= 4 is 27.1 Å². The molecule has 0 aromatic carbocycles. The zero-order chi connectivity index (χ0) is 19.3. The number of Topliss-reactive ketones (excluding diaryl/α,β-unsaturated/α-hetero) is 1. The molecule has 2 saturated carbocycles. The van der Waals surface area contributed by atoms with E-state index in [0.29, 0.717) is 38.5 Å². The second-order valence-corrected chi connectivity index (χ2v) is 11.9. The first kappa shape index (κ1) is 19.6. The molecule has 0 spiro atoms. The molecule has 27 heavy (non-hydrogen) atoms. The zero-order valence-electron chi connectivity index (χ0n) is 16.1. The van der Waals surface area contributed by atoms with Crippen LogP contribution in [0.4, 0.5) is 0 Å². The molecule has 1 aliphatic heterocycles. The number of ketones is 1. The van der Waals surface area contributed by atoms with Gasteiger partial charge in [0.2, 0.25) is 10.0 Å². The summed E-state index contributed by atoms with van der Waals surface area (Å²) in [6.07, 6.45) is 3.83. The fourth-order valence-corrected chi connectivity index (χ4v) is 8.50. The topological polar surface area (TPSA) is 72.5 Å². The highest BCUT2D eigenvalue weighted by Gasteiger charge is 2.65. The van der Waals surface area contributed by atoms with Crippen LogP contribution in [0.5, 0.6) is 0 Å². The molecule has 1 aromatic heterocycles. The van der Waals surface area contributed by atoms with E-state index in [1.165, 1.54) is 4.88 Å². The molecule has 0 amide bonds. The Labute approximate surface area is 165 Å². The van der Waals surface area contributed by atoms with E-state index in [1.54, 1.807) is 11.3 Å². The predicted molar refractivity (Wildman–Crippen MR) is 106 cm³/mol. The lowest BCUT2D eigenvalue weighted by Gasteiger charge is -2.38. The number of hydrogen-bond acceptors (Lipinski definition) is 5. The zero-order valence-corrected chi connectivity index (χ0v) is 17.8. The largest absolute Gasteiger partial charge is 0.381 e. The minimum absolute atomic E-state index is 0.0701. The standard InChI is InChI=1S/C20H29NO4S2/c1-18(2)15-5-6-20(18,16(22)12-15)14-27(23,24)21-13-19(7-9-25-10-8-19)17-4-3-11-26-17/h3-4,11,15,21H,5-10,12-14H2,1-2H3/t15-,20-/m0/s1. The van der Waals surface area contributed by atoms with Crippen molar-refractivity contribution < 1.29 is 17.9 Å². The van der Waals surface area contributed by atoms with Crippen molar-refractivity contribution in [2.24, 2.45) is 16.7 Å².